The highest BCUT2D eigenvalue weighted by molar-refractivity contribution is 5.90. The number of rotatable bonds is 7. The number of hydrogen-bond acceptors (Lipinski definition) is 4. The summed E-state index contributed by atoms with van der Waals surface area (Å²) < 4.78 is 5.52. The number of hydrogen-bond donors (Lipinski definition) is 1. The average molecular weight is 333 g/mol. The zero-order chi connectivity index (χ0) is 17.3. The highest BCUT2D eigenvalue weighted by Crippen LogP contribution is 2.20. The van der Waals surface area contributed by atoms with Gasteiger partial charge < -0.3 is 10.1 Å². The third-order valence-corrected chi connectivity index (χ3v) is 3.60. The second-order valence-corrected chi connectivity index (χ2v) is 5.55. The first-order valence-corrected chi connectivity index (χ1v) is 8.18. The molecule has 0 aliphatic rings. The molecular formula is C20H19N3O2. The first-order valence-electron chi connectivity index (χ1n) is 8.18. The molecule has 1 amide bonds. The van der Waals surface area contributed by atoms with Gasteiger partial charge in [-0.1, -0.05) is 30.3 Å². The van der Waals surface area contributed by atoms with E-state index in [0.717, 1.165) is 18.5 Å². The van der Waals surface area contributed by atoms with Crippen LogP contribution in [0.15, 0.2) is 73.1 Å². The van der Waals surface area contributed by atoms with Crippen molar-refractivity contribution < 1.29 is 9.53 Å². The number of benzene rings is 2. The summed E-state index contributed by atoms with van der Waals surface area (Å²) in [6.07, 6.45) is 5.45. The molecule has 1 heterocycles. The Balaban J connectivity index is 1.45. The van der Waals surface area contributed by atoms with Gasteiger partial charge >= 0.3 is 6.01 Å². The van der Waals surface area contributed by atoms with Crippen LogP contribution in [0.5, 0.6) is 11.8 Å². The summed E-state index contributed by atoms with van der Waals surface area (Å²) in [5, 5.41) is 2.89. The number of aryl methyl sites for hydroxylation is 1. The Morgan fingerprint density at radius 2 is 1.64 bits per heavy atom. The Hall–Kier alpha value is -3.21. The van der Waals surface area contributed by atoms with Gasteiger partial charge in [0.15, 0.2) is 0 Å². The van der Waals surface area contributed by atoms with Crippen LogP contribution in [0.25, 0.3) is 0 Å². The van der Waals surface area contributed by atoms with E-state index in [1.165, 1.54) is 5.56 Å². The van der Waals surface area contributed by atoms with Gasteiger partial charge in [-0.2, -0.15) is 0 Å². The lowest BCUT2D eigenvalue weighted by atomic mass is 10.1. The third-order valence-electron chi connectivity index (χ3n) is 3.60. The highest BCUT2D eigenvalue weighted by Gasteiger charge is 2.04. The zero-order valence-corrected chi connectivity index (χ0v) is 13.8. The van der Waals surface area contributed by atoms with Gasteiger partial charge in [-0.3, -0.25) is 4.79 Å². The number of nitrogens with zero attached hydrogens (tertiary/aromatic N) is 2. The van der Waals surface area contributed by atoms with Gasteiger partial charge in [0.1, 0.15) is 5.75 Å². The molecule has 1 aromatic heterocycles. The first kappa shape index (κ1) is 16.6. The fourth-order valence-corrected chi connectivity index (χ4v) is 2.37. The maximum atomic E-state index is 12.0. The third kappa shape index (κ3) is 5.42. The van der Waals surface area contributed by atoms with Crippen LogP contribution in [0.2, 0.25) is 0 Å². The van der Waals surface area contributed by atoms with Crippen LogP contribution >= 0.6 is 0 Å². The van der Waals surface area contributed by atoms with Crippen LogP contribution in [0, 0.1) is 0 Å². The van der Waals surface area contributed by atoms with E-state index in [1.54, 1.807) is 42.7 Å². The second-order valence-electron chi connectivity index (χ2n) is 5.55. The van der Waals surface area contributed by atoms with E-state index in [9.17, 15) is 4.79 Å². The van der Waals surface area contributed by atoms with Crippen LogP contribution < -0.4 is 10.1 Å². The van der Waals surface area contributed by atoms with Crippen molar-refractivity contribution in [3.8, 4) is 11.8 Å². The van der Waals surface area contributed by atoms with Crippen LogP contribution in [-0.2, 0) is 11.2 Å². The predicted octanol–water partition coefficient (Wildman–Crippen LogP) is 4.23. The second kappa shape index (κ2) is 8.59. The van der Waals surface area contributed by atoms with E-state index in [2.05, 4.69) is 27.4 Å². The molecule has 0 unspecified atom stereocenters. The number of carbonyl (C=O) groups is 1. The summed E-state index contributed by atoms with van der Waals surface area (Å²) in [5.74, 6) is 0.629. The van der Waals surface area contributed by atoms with E-state index in [-0.39, 0.29) is 5.91 Å². The van der Waals surface area contributed by atoms with Crippen molar-refractivity contribution >= 4 is 11.6 Å². The van der Waals surface area contributed by atoms with Gasteiger partial charge in [0.2, 0.25) is 5.91 Å². The normalized spacial score (nSPS) is 10.2. The monoisotopic (exact) mass is 333 g/mol. The standard InChI is InChI=1S/C20H19N3O2/c24-19(9-4-8-16-6-2-1-3-7-16)23-17-10-12-18(13-11-17)25-20-21-14-5-15-22-20/h1-3,5-7,10-15H,4,8-9H2,(H,23,24). The van der Waals surface area contributed by atoms with Crippen LogP contribution in [0.4, 0.5) is 5.69 Å². The molecule has 1 N–H and O–H groups in total. The lowest BCUT2D eigenvalue weighted by Gasteiger charge is -2.07. The maximum absolute atomic E-state index is 12.0. The SMILES string of the molecule is O=C(CCCc1ccccc1)Nc1ccc(Oc2ncccn2)cc1. The maximum Gasteiger partial charge on any atom is 0.321 e. The minimum Gasteiger partial charge on any atom is -0.424 e. The molecule has 0 aliphatic carbocycles. The Bertz CT molecular complexity index is 790. The Morgan fingerprint density at radius 1 is 0.920 bits per heavy atom. The highest BCUT2D eigenvalue weighted by atomic mass is 16.5. The molecule has 0 aliphatic heterocycles. The van der Waals surface area contributed by atoms with Crippen LogP contribution in [-0.4, -0.2) is 15.9 Å². The van der Waals surface area contributed by atoms with Gasteiger partial charge in [-0.15, -0.1) is 0 Å². The molecule has 126 valence electrons. The molecule has 5 nitrogen and oxygen atoms in total. The van der Waals surface area contributed by atoms with Gasteiger partial charge in [0.25, 0.3) is 0 Å². The molecule has 0 fully saturated rings. The molecule has 2 aromatic carbocycles. The molecule has 0 spiro atoms. The number of ether oxygens (including phenoxy) is 1. The average Bonchev–Trinajstić information content (AvgIpc) is 2.65. The predicted molar refractivity (Wildman–Crippen MR) is 96.6 cm³/mol. The summed E-state index contributed by atoms with van der Waals surface area (Å²) in [5.41, 5.74) is 1.99. The van der Waals surface area contributed by atoms with Crippen molar-refractivity contribution in [2.45, 2.75) is 19.3 Å². The molecule has 0 atom stereocenters. The largest absolute Gasteiger partial charge is 0.424 e. The van der Waals surface area contributed by atoms with Crippen molar-refractivity contribution in [3.63, 3.8) is 0 Å². The molecule has 5 heteroatoms. The quantitative estimate of drug-likeness (QED) is 0.703. The Labute approximate surface area is 146 Å². The topological polar surface area (TPSA) is 64.1 Å². The van der Waals surface area contributed by atoms with Crippen LogP contribution in [0.1, 0.15) is 18.4 Å². The molecule has 0 saturated heterocycles. The number of carbonyl (C=O) groups excluding carboxylic acids is 1. The molecular weight excluding hydrogens is 314 g/mol. The summed E-state index contributed by atoms with van der Waals surface area (Å²) in [6.45, 7) is 0. The van der Waals surface area contributed by atoms with Gasteiger partial charge in [-0.05, 0) is 48.7 Å². The molecule has 3 rings (SSSR count). The van der Waals surface area contributed by atoms with Crippen molar-refractivity contribution in [1.82, 2.24) is 9.97 Å². The van der Waals surface area contributed by atoms with Gasteiger partial charge in [-0.25, -0.2) is 9.97 Å². The molecule has 0 radical (unpaired) electrons. The summed E-state index contributed by atoms with van der Waals surface area (Å²) in [7, 11) is 0. The Kier molecular flexibility index (Phi) is 5.72. The minimum absolute atomic E-state index is 0.0102. The molecule has 0 bridgehead atoms. The van der Waals surface area contributed by atoms with E-state index >= 15 is 0 Å². The van der Waals surface area contributed by atoms with Gasteiger partial charge in [0.05, 0.1) is 0 Å². The van der Waals surface area contributed by atoms with E-state index in [0.29, 0.717) is 18.2 Å². The van der Waals surface area contributed by atoms with Crippen LogP contribution in [0.3, 0.4) is 0 Å². The lowest BCUT2D eigenvalue weighted by Crippen LogP contribution is -2.11. The van der Waals surface area contributed by atoms with Gasteiger partial charge in [0, 0.05) is 24.5 Å². The Morgan fingerprint density at radius 3 is 2.36 bits per heavy atom. The van der Waals surface area contributed by atoms with E-state index in [4.69, 9.17) is 4.74 Å². The number of nitrogens with one attached hydrogen (secondary N) is 1. The van der Waals surface area contributed by atoms with Crippen molar-refractivity contribution in [3.05, 3.63) is 78.6 Å². The summed E-state index contributed by atoms with van der Waals surface area (Å²) >= 11 is 0. The zero-order valence-electron chi connectivity index (χ0n) is 13.8. The fraction of sp³-hybridized carbons (Fsp3) is 0.150. The lowest BCUT2D eigenvalue weighted by molar-refractivity contribution is -0.116. The van der Waals surface area contributed by atoms with Crippen molar-refractivity contribution in [1.29, 1.82) is 0 Å². The van der Waals surface area contributed by atoms with Crippen molar-refractivity contribution in [2.75, 3.05) is 5.32 Å². The smallest absolute Gasteiger partial charge is 0.321 e. The number of amides is 1. The fourth-order valence-electron chi connectivity index (χ4n) is 2.37. The first-order chi connectivity index (χ1) is 12.3. The number of anilines is 1. The summed E-state index contributed by atoms with van der Waals surface area (Å²) in [6, 6.07) is 19.3. The summed E-state index contributed by atoms with van der Waals surface area (Å²) in [4.78, 5) is 20.0. The van der Waals surface area contributed by atoms with E-state index in [1.807, 2.05) is 18.2 Å². The molecule has 3 aromatic rings. The number of aromatic nitrogens is 2. The molecule has 25 heavy (non-hydrogen) atoms. The minimum atomic E-state index is 0.0102. The molecule has 0 saturated carbocycles. The van der Waals surface area contributed by atoms with Crippen molar-refractivity contribution in [2.24, 2.45) is 0 Å². The van der Waals surface area contributed by atoms with E-state index < -0.39 is 0 Å².